The summed E-state index contributed by atoms with van der Waals surface area (Å²) in [6.45, 7) is 27.2. The molecular weight excluding hydrogens is 436 g/mol. The van der Waals surface area contributed by atoms with Gasteiger partial charge in [-0.1, -0.05) is 119 Å². The predicted octanol–water partition coefficient (Wildman–Crippen LogP) is 9.66. The van der Waals surface area contributed by atoms with Gasteiger partial charge in [0.2, 0.25) is 0 Å². The van der Waals surface area contributed by atoms with Crippen LogP contribution in [0.5, 0.6) is 0 Å². The van der Waals surface area contributed by atoms with Gasteiger partial charge in [-0.3, -0.25) is 9.97 Å². The number of rotatable bonds is 0. The minimum atomic E-state index is 0.0556. The van der Waals surface area contributed by atoms with Gasteiger partial charge in [0.05, 0.1) is 11.2 Å². The van der Waals surface area contributed by atoms with E-state index in [-0.39, 0.29) is 21.7 Å². The highest BCUT2D eigenvalue weighted by Gasteiger charge is 2.27. The van der Waals surface area contributed by atoms with Crippen molar-refractivity contribution in [1.82, 2.24) is 9.97 Å². The van der Waals surface area contributed by atoms with Crippen LogP contribution in [0.25, 0.3) is 21.7 Å². The highest BCUT2D eigenvalue weighted by Crippen LogP contribution is 2.37. The summed E-state index contributed by atoms with van der Waals surface area (Å²) >= 11 is 0. The topological polar surface area (TPSA) is 25.8 Å². The summed E-state index contributed by atoms with van der Waals surface area (Å²) < 4.78 is 0. The molecule has 0 aliphatic heterocycles. The number of pyridine rings is 2. The predicted molar refractivity (Wildman–Crippen MR) is 158 cm³/mol. The number of hydrogen-bond acceptors (Lipinski definition) is 2. The maximum atomic E-state index is 4.87. The van der Waals surface area contributed by atoms with Crippen LogP contribution in [0.3, 0.4) is 0 Å². The average Bonchev–Trinajstić information content (AvgIpc) is 2.75. The molecule has 2 aromatic heterocycles. The van der Waals surface area contributed by atoms with Crippen molar-refractivity contribution < 1.29 is 0 Å². The van der Waals surface area contributed by atoms with Gasteiger partial charge in [0.15, 0.2) is 0 Å². The van der Waals surface area contributed by atoms with E-state index in [4.69, 9.17) is 4.98 Å². The van der Waals surface area contributed by atoms with Crippen LogP contribution in [-0.2, 0) is 21.7 Å². The molecule has 192 valence electrons. The van der Waals surface area contributed by atoms with Gasteiger partial charge in [0.1, 0.15) is 0 Å². The van der Waals surface area contributed by atoms with Crippen LogP contribution in [-0.4, -0.2) is 9.97 Å². The molecule has 0 fully saturated rings. The number of nitrogens with zero attached hydrogens (tertiary/aromatic N) is 2. The van der Waals surface area contributed by atoms with Gasteiger partial charge in [-0.05, 0) is 55.8 Å². The first-order valence-corrected chi connectivity index (χ1v) is 13.2. The van der Waals surface area contributed by atoms with Gasteiger partial charge in [-0.15, -0.1) is 0 Å². The largest absolute Gasteiger partial charge is 0.264 e. The Bertz CT molecular complexity index is 1140. The highest BCUT2D eigenvalue weighted by atomic mass is 14.7. The van der Waals surface area contributed by atoms with Gasteiger partial charge in [-0.25, -0.2) is 0 Å². The van der Waals surface area contributed by atoms with Gasteiger partial charge in [-0.2, -0.15) is 0 Å². The van der Waals surface area contributed by atoms with Gasteiger partial charge in [0.25, 0.3) is 0 Å². The first-order valence-electron chi connectivity index (χ1n) is 13.2. The lowest BCUT2D eigenvalue weighted by molar-refractivity contribution is 0.516. The zero-order chi connectivity index (χ0) is 27.1. The highest BCUT2D eigenvalue weighted by molar-refractivity contribution is 5.84. The molecule has 0 aliphatic carbocycles. The van der Waals surface area contributed by atoms with Crippen molar-refractivity contribution in [3.63, 3.8) is 0 Å². The summed E-state index contributed by atoms with van der Waals surface area (Å²) in [5.41, 5.74) is 6.99. The maximum Gasteiger partial charge on any atom is 0.0736 e. The molecule has 4 aromatic rings. The van der Waals surface area contributed by atoms with E-state index in [0.717, 1.165) is 10.9 Å². The molecule has 2 heterocycles. The molecule has 0 atom stereocenters. The lowest BCUT2D eigenvalue weighted by Gasteiger charge is -2.30. The van der Waals surface area contributed by atoms with E-state index < -0.39 is 0 Å². The summed E-state index contributed by atoms with van der Waals surface area (Å²) in [6, 6.07) is 17.6. The SMILES string of the molecule is CC(C)(C)c1cc2ccccc2cc1C(C)(C)C.CC(C)(C)c1cc2cnccc2nc1C(C)(C)C. The molecule has 2 nitrogen and oxygen atoms in total. The third kappa shape index (κ3) is 6.33. The Morgan fingerprint density at radius 2 is 0.944 bits per heavy atom. The zero-order valence-corrected chi connectivity index (χ0v) is 24.7. The smallest absolute Gasteiger partial charge is 0.0736 e. The molecule has 0 spiro atoms. The average molecular weight is 483 g/mol. The quantitative estimate of drug-likeness (QED) is 0.249. The Kier molecular flexibility index (Phi) is 7.44. The van der Waals surface area contributed by atoms with Crippen molar-refractivity contribution in [2.45, 2.75) is 105 Å². The summed E-state index contributed by atoms with van der Waals surface area (Å²) in [4.78, 5) is 9.06. The molecule has 0 aliphatic rings. The van der Waals surface area contributed by atoms with Crippen molar-refractivity contribution in [2.24, 2.45) is 0 Å². The Hall–Kier alpha value is -2.74. The second kappa shape index (κ2) is 9.61. The normalized spacial score (nSPS) is 13.0. The Morgan fingerprint density at radius 1 is 0.500 bits per heavy atom. The molecule has 0 N–H and O–H groups in total. The monoisotopic (exact) mass is 482 g/mol. The van der Waals surface area contributed by atoms with E-state index in [0.29, 0.717) is 0 Å². The molecule has 36 heavy (non-hydrogen) atoms. The molecule has 0 unspecified atom stereocenters. The lowest BCUT2D eigenvalue weighted by atomic mass is 9.74. The van der Waals surface area contributed by atoms with E-state index in [1.165, 1.54) is 33.2 Å². The summed E-state index contributed by atoms with van der Waals surface area (Å²) in [5.74, 6) is 0. The third-order valence-electron chi connectivity index (χ3n) is 6.64. The molecule has 2 aromatic carbocycles. The zero-order valence-electron chi connectivity index (χ0n) is 24.7. The molecule has 0 radical (unpaired) electrons. The number of benzene rings is 2. The summed E-state index contributed by atoms with van der Waals surface area (Å²) in [7, 11) is 0. The van der Waals surface area contributed by atoms with E-state index in [2.05, 4.69) is 131 Å². The van der Waals surface area contributed by atoms with Crippen LogP contribution < -0.4 is 0 Å². The third-order valence-corrected chi connectivity index (χ3v) is 6.64. The van der Waals surface area contributed by atoms with Crippen LogP contribution in [0.4, 0.5) is 0 Å². The maximum absolute atomic E-state index is 4.87. The van der Waals surface area contributed by atoms with Crippen LogP contribution in [0.1, 0.15) is 105 Å². The molecule has 0 bridgehead atoms. The van der Waals surface area contributed by atoms with Gasteiger partial charge >= 0.3 is 0 Å². The first-order chi connectivity index (χ1) is 16.4. The van der Waals surface area contributed by atoms with Crippen LogP contribution in [0.2, 0.25) is 0 Å². The molecule has 0 saturated heterocycles. The fourth-order valence-corrected chi connectivity index (χ4v) is 4.64. The summed E-state index contributed by atoms with van der Waals surface area (Å²) in [6.07, 6.45) is 3.70. The van der Waals surface area contributed by atoms with Crippen LogP contribution >= 0.6 is 0 Å². The fourth-order valence-electron chi connectivity index (χ4n) is 4.64. The Balaban J connectivity index is 0.000000201. The minimum Gasteiger partial charge on any atom is -0.264 e. The minimum absolute atomic E-state index is 0.0556. The Labute approximate surface area is 219 Å². The van der Waals surface area contributed by atoms with Crippen molar-refractivity contribution in [1.29, 1.82) is 0 Å². The molecule has 0 saturated carbocycles. The number of fused-ring (bicyclic) bond motifs is 2. The molecule has 2 heteroatoms. The van der Waals surface area contributed by atoms with Crippen LogP contribution in [0.15, 0.2) is 60.9 Å². The molecule has 0 amide bonds. The van der Waals surface area contributed by atoms with E-state index in [9.17, 15) is 0 Å². The van der Waals surface area contributed by atoms with Gasteiger partial charge in [0, 0.05) is 23.2 Å². The fraction of sp³-hybridized carbons (Fsp3) is 0.471. The summed E-state index contributed by atoms with van der Waals surface area (Å²) in [5, 5.41) is 3.81. The first kappa shape index (κ1) is 27.8. The standard InChI is InChI=1S/C18H24.C16H22N2/c1-17(2,3)15-11-13-9-7-8-10-14(13)12-16(15)18(4,5)6;1-15(2,3)12-9-11-10-17-8-7-13(11)18-14(12)16(4,5)6/h7-12H,1-6H3;7-10H,1-6H3. The van der Waals surface area contributed by atoms with Gasteiger partial charge < -0.3 is 0 Å². The second-order valence-electron chi connectivity index (χ2n) is 14.2. The number of aromatic nitrogens is 2. The van der Waals surface area contributed by atoms with Crippen molar-refractivity contribution in [3.05, 3.63) is 83.3 Å². The van der Waals surface area contributed by atoms with E-state index in [1.54, 1.807) is 6.20 Å². The number of hydrogen-bond donors (Lipinski definition) is 0. The molecular formula is C34H46N2. The second-order valence-corrected chi connectivity index (χ2v) is 14.2. The van der Waals surface area contributed by atoms with Crippen molar-refractivity contribution in [2.75, 3.05) is 0 Å². The van der Waals surface area contributed by atoms with Crippen molar-refractivity contribution >= 4 is 21.7 Å². The van der Waals surface area contributed by atoms with E-state index in [1.807, 2.05) is 12.3 Å². The lowest BCUT2D eigenvalue weighted by Crippen LogP contribution is -2.23. The van der Waals surface area contributed by atoms with E-state index >= 15 is 0 Å². The molecule has 4 rings (SSSR count). The Morgan fingerprint density at radius 3 is 1.36 bits per heavy atom. The van der Waals surface area contributed by atoms with Crippen LogP contribution in [0, 0.1) is 0 Å². The van der Waals surface area contributed by atoms with Crippen molar-refractivity contribution in [3.8, 4) is 0 Å².